The van der Waals surface area contributed by atoms with Gasteiger partial charge in [0.15, 0.2) is 0 Å². The highest BCUT2D eigenvalue weighted by molar-refractivity contribution is 14.1. The fourth-order valence-corrected chi connectivity index (χ4v) is 8.29. The molecule has 0 saturated carbocycles. The van der Waals surface area contributed by atoms with Crippen molar-refractivity contribution in [2.45, 2.75) is 32.4 Å². The number of phenols is 1. The molecule has 0 unspecified atom stereocenters. The molecule has 0 atom stereocenters. The van der Waals surface area contributed by atoms with Crippen LogP contribution in [-0.2, 0) is 22.7 Å². The van der Waals surface area contributed by atoms with Crippen LogP contribution in [0.5, 0.6) is 5.75 Å². The summed E-state index contributed by atoms with van der Waals surface area (Å²) >= 11 is 5.56. The quantitative estimate of drug-likeness (QED) is 0.0466. The Morgan fingerprint density at radius 1 is 0.700 bits per heavy atom. The van der Waals surface area contributed by atoms with Crippen molar-refractivity contribution in [1.82, 2.24) is 20.9 Å². The van der Waals surface area contributed by atoms with Crippen LogP contribution in [0.15, 0.2) is 126 Å². The number of aromatic hydroxyl groups is 1. The number of anilines is 1. The maximum Gasteiger partial charge on any atom is 0.260 e. The number of halogens is 2. The number of aliphatic hydroxyl groups is 1. The largest absolute Gasteiger partial charge is 0.507 e. The third-order valence-corrected chi connectivity index (χ3v) is 11.8. The lowest BCUT2D eigenvalue weighted by Crippen LogP contribution is -2.37. The van der Waals surface area contributed by atoms with E-state index in [2.05, 4.69) is 76.8 Å². The van der Waals surface area contributed by atoms with E-state index < -0.39 is 11.8 Å². The molecule has 0 bridgehead atoms. The number of fused-ring (bicyclic) bond motifs is 2. The Hall–Kier alpha value is -5.61. The number of nitrogens with one attached hydrogen (secondary N) is 4. The minimum Gasteiger partial charge on any atom is -0.507 e. The molecule has 60 heavy (non-hydrogen) atoms. The fourth-order valence-electron chi connectivity index (χ4n) is 7.44. The number of carbonyl (C=O) groups is 4. The second-order valence-corrected chi connectivity index (χ2v) is 16.9. The summed E-state index contributed by atoms with van der Waals surface area (Å²) < 4.78 is 1.75. The molecule has 306 valence electrons. The molecule has 0 radical (unpaired) electrons. The lowest BCUT2D eigenvalue weighted by Gasteiger charge is -2.31. The van der Waals surface area contributed by atoms with Gasteiger partial charge in [-0.3, -0.25) is 34.7 Å². The predicted octanol–water partition coefficient (Wildman–Crippen LogP) is 7.83. The van der Waals surface area contributed by atoms with Crippen molar-refractivity contribution in [2.24, 2.45) is 5.92 Å². The van der Waals surface area contributed by atoms with Crippen LogP contribution in [0, 0.1) is 9.49 Å². The molecule has 13 heteroatoms. The van der Waals surface area contributed by atoms with Gasteiger partial charge < -0.3 is 20.8 Å². The molecule has 0 aromatic heterocycles. The first-order valence-electron chi connectivity index (χ1n) is 19.6. The van der Waals surface area contributed by atoms with E-state index in [9.17, 15) is 24.3 Å². The molecular formula is C47H43BrIN5O6. The van der Waals surface area contributed by atoms with Gasteiger partial charge in [-0.1, -0.05) is 70.5 Å². The Labute approximate surface area is 370 Å². The van der Waals surface area contributed by atoms with Gasteiger partial charge in [0.2, 0.25) is 0 Å². The van der Waals surface area contributed by atoms with Gasteiger partial charge in [0.25, 0.3) is 23.6 Å². The number of piperidine rings is 1. The van der Waals surface area contributed by atoms with Crippen LogP contribution < -0.4 is 21.3 Å². The minimum absolute atomic E-state index is 0.198. The molecule has 0 aliphatic carbocycles. The van der Waals surface area contributed by atoms with Crippen molar-refractivity contribution >= 4 is 79.0 Å². The topological polar surface area (TPSA) is 160 Å². The van der Waals surface area contributed by atoms with Gasteiger partial charge in [-0.05, 0) is 132 Å². The summed E-state index contributed by atoms with van der Waals surface area (Å²) in [5.74, 6) is -0.763. The summed E-state index contributed by atoms with van der Waals surface area (Å²) in [6, 6.07) is 34.0. The van der Waals surface area contributed by atoms with Gasteiger partial charge in [-0.15, -0.1) is 0 Å². The van der Waals surface area contributed by atoms with Gasteiger partial charge in [0.1, 0.15) is 5.75 Å². The zero-order valence-corrected chi connectivity index (χ0v) is 36.3. The average Bonchev–Trinajstić information content (AvgIpc) is 3.24. The number of imide groups is 2. The standard InChI is InChI=1S/C24H26BrN3O3.C23H17IN2O3/c25-18-3-6-20-21(13-18)22(24(31)27-23(20)30)14-26-19-4-1-17(2-5-19)15-28-10-7-16(8-11-28)9-12-29;24-16-7-9-18-19(11-16)20(23(29)26-22(18)28)13-25-12-14-6-8-17(21(27)10-14)15-4-2-1-3-5-15/h1-6,13-14,16,26,29H,7-12,15H2,(H,27,30,31);1-11,13,25,27H,12H2,(H,26,28,29). The highest BCUT2D eigenvalue weighted by atomic mass is 127. The Bertz CT molecular complexity index is 2480. The zero-order chi connectivity index (χ0) is 42.2. The van der Waals surface area contributed by atoms with E-state index in [-0.39, 0.29) is 24.2 Å². The molecular weight excluding hydrogens is 937 g/mol. The van der Waals surface area contributed by atoms with Gasteiger partial charge in [-0.2, -0.15) is 0 Å². The molecule has 4 amide bonds. The molecule has 8 rings (SSSR count). The van der Waals surface area contributed by atoms with Crippen molar-refractivity contribution in [3.63, 3.8) is 0 Å². The summed E-state index contributed by atoms with van der Waals surface area (Å²) in [6.07, 6.45) is 6.47. The van der Waals surface area contributed by atoms with Crippen molar-refractivity contribution in [1.29, 1.82) is 0 Å². The summed E-state index contributed by atoms with van der Waals surface area (Å²) in [7, 11) is 0. The van der Waals surface area contributed by atoms with Crippen LogP contribution in [0.4, 0.5) is 5.69 Å². The molecule has 6 N–H and O–H groups in total. The number of carbonyl (C=O) groups excluding carboxylic acids is 4. The summed E-state index contributed by atoms with van der Waals surface area (Å²) in [4.78, 5) is 51.2. The smallest absolute Gasteiger partial charge is 0.260 e. The number of benzene rings is 5. The van der Waals surface area contributed by atoms with Crippen LogP contribution in [-0.4, -0.2) is 58.4 Å². The molecule has 5 aromatic carbocycles. The maximum absolute atomic E-state index is 12.4. The van der Waals surface area contributed by atoms with E-state index in [4.69, 9.17) is 5.11 Å². The minimum atomic E-state index is -0.431. The number of phenolic OH excluding ortho intramolecular Hbond substituents is 1. The number of aliphatic hydroxyl groups excluding tert-OH is 1. The van der Waals surface area contributed by atoms with Gasteiger partial charge in [0, 0.05) is 73.6 Å². The van der Waals surface area contributed by atoms with Crippen molar-refractivity contribution in [3.05, 3.63) is 163 Å². The fraction of sp³-hybridized carbons (Fsp3) is 0.191. The summed E-state index contributed by atoms with van der Waals surface area (Å²) in [5.41, 5.74) is 7.70. The van der Waals surface area contributed by atoms with Crippen LogP contribution >= 0.6 is 38.5 Å². The van der Waals surface area contributed by atoms with Crippen molar-refractivity contribution in [2.75, 3.05) is 25.0 Å². The van der Waals surface area contributed by atoms with E-state index in [1.807, 2.05) is 66.7 Å². The number of hydrogen-bond acceptors (Lipinski definition) is 9. The van der Waals surface area contributed by atoms with E-state index in [0.29, 0.717) is 45.9 Å². The zero-order valence-electron chi connectivity index (χ0n) is 32.5. The molecule has 3 aliphatic heterocycles. The lowest BCUT2D eigenvalue weighted by atomic mass is 9.94. The maximum atomic E-state index is 12.4. The average molecular weight is 981 g/mol. The van der Waals surface area contributed by atoms with Crippen molar-refractivity contribution in [3.8, 4) is 16.9 Å². The van der Waals surface area contributed by atoms with Gasteiger partial charge in [-0.25, -0.2) is 0 Å². The second-order valence-electron chi connectivity index (χ2n) is 14.7. The van der Waals surface area contributed by atoms with E-state index in [1.54, 1.807) is 42.7 Å². The van der Waals surface area contributed by atoms with Gasteiger partial charge >= 0.3 is 0 Å². The number of hydrogen-bond donors (Lipinski definition) is 6. The highest BCUT2D eigenvalue weighted by Crippen LogP contribution is 2.31. The normalized spacial score (nSPS) is 16.6. The third kappa shape index (κ3) is 10.4. The van der Waals surface area contributed by atoms with Crippen LogP contribution in [0.3, 0.4) is 0 Å². The number of rotatable bonds is 10. The second kappa shape index (κ2) is 19.6. The summed E-state index contributed by atoms with van der Waals surface area (Å²) in [6.45, 7) is 3.76. The van der Waals surface area contributed by atoms with Crippen LogP contribution in [0.2, 0.25) is 0 Å². The molecule has 0 spiro atoms. The SMILES string of the molecule is O=C1NC(=O)c2ccc(Br)cc2C1=CNc1ccc(CN2CCC(CCO)CC2)cc1.O=C1NC(=O)c2ccc(I)cc2C1=CNCc1ccc(-c2ccccc2)c(O)c1. The van der Waals surface area contributed by atoms with E-state index >= 15 is 0 Å². The number of nitrogens with zero attached hydrogens (tertiary/aromatic N) is 1. The van der Waals surface area contributed by atoms with Crippen LogP contribution in [0.25, 0.3) is 22.3 Å². The third-order valence-electron chi connectivity index (χ3n) is 10.7. The highest BCUT2D eigenvalue weighted by Gasteiger charge is 2.28. The molecule has 3 heterocycles. The number of likely N-dealkylation sites (tertiary alicyclic amines) is 1. The van der Waals surface area contributed by atoms with Crippen LogP contribution in [0.1, 0.15) is 62.2 Å². The Kier molecular flexibility index (Phi) is 13.9. The van der Waals surface area contributed by atoms with E-state index in [1.165, 1.54) is 5.56 Å². The Morgan fingerprint density at radius 2 is 1.32 bits per heavy atom. The molecule has 1 fully saturated rings. The van der Waals surface area contributed by atoms with E-state index in [0.717, 1.165) is 69.3 Å². The monoisotopic (exact) mass is 979 g/mol. The molecule has 3 aliphatic rings. The first-order valence-corrected chi connectivity index (χ1v) is 21.4. The predicted molar refractivity (Wildman–Crippen MR) is 244 cm³/mol. The molecule has 1 saturated heterocycles. The Balaban J connectivity index is 0.000000182. The van der Waals surface area contributed by atoms with Crippen molar-refractivity contribution < 1.29 is 29.4 Å². The first kappa shape index (κ1) is 42.5. The Morgan fingerprint density at radius 3 is 1.98 bits per heavy atom. The number of amides is 4. The molecule has 11 nitrogen and oxygen atoms in total. The lowest BCUT2D eigenvalue weighted by molar-refractivity contribution is -0.115. The molecule has 5 aromatic rings. The summed E-state index contributed by atoms with van der Waals surface area (Å²) in [5, 5.41) is 30.5. The van der Waals surface area contributed by atoms with Gasteiger partial charge in [0.05, 0.1) is 11.1 Å². The first-order chi connectivity index (χ1) is 29.1.